The number of esters is 1. The molecule has 0 heterocycles. The summed E-state index contributed by atoms with van der Waals surface area (Å²) in [5.41, 5.74) is 0.193. The Bertz CT molecular complexity index is 1070. The van der Waals surface area contributed by atoms with E-state index < -0.39 is 42.2 Å². The Balaban J connectivity index is 2.20. The molecule has 10 nitrogen and oxygen atoms in total. The van der Waals surface area contributed by atoms with Gasteiger partial charge in [0.25, 0.3) is 5.72 Å². The van der Waals surface area contributed by atoms with E-state index in [-0.39, 0.29) is 25.5 Å². The lowest BCUT2D eigenvalue weighted by Crippen LogP contribution is -2.63. The van der Waals surface area contributed by atoms with Gasteiger partial charge in [-0.15, -0.1) is 0 Å². The monoisotopic (exact) mass is 513 g/mol. The Hall–Kier alpha value is -3.92. The fraction of sp³-hybridized carbons (Fsp3) is 0.407. The van der Waals surface area contributed by atoms with Gasteiger partial charge in [-0.3, -0.25) is 4.79 Å². The number of amides is 3. The third-order valence-electron chi connectivity index (χ3n) is 5.39. The van der Waals surface area contributed by atoms with Crippen LogP contribution in [0.25, 0.3) is 11.1 Å². The van der Waals surface area contributed by atoms with Gasteiger partial charge in [-0.05, 0) is 29.5 Å². The lowest BCUT2D eigenvalue weighted by Gasteiger charge is -2.34. The first kappa shape index (κ1) is 29.3. The summed E-state index contributed by atoms with van der Waals surface area (Å²) >= 11 is 0. The summed E-state index contributed by atoms with van der Waals surface area (Å²) in [5, 5.41) is 25.3. The van der Waals surface area contributed by atoms with Gasteiger partial charge in [0.2, 0.25) is 5.91 Å². The standard InChI is InChI=1S/C27H35N3O7/c1-5-37-25(34)27(36,29-19(4)31)17-30(16-18(2)3)26(35)28-23(24(32)33)15-20-11-13-22(14-12-20)21-9-7-6-8-10-21/h6-14,18,23,36H,5,15-17H2,1-4H3,(H,28,35)(H,29,31)(H,32,33)/t23-,27?/m0/s1. The number of ether oxygens (including phenoxy) is 1. The van der Waals surface area contributed by atoms with E-state index in [4.69, 9.17) is 4.74 Å². The summed E-state index contributed by atoms with van der Waals surface area (Å²) in [6.07, 6.45) is 0.0134. The van der Waals surface area contributed by atoms with E-state index >= 15 is 0 Å². The van der Waals surface area contributed by atoms with E-state index in [9.17, 15) is 29.4 Å². The summed E-state index contributed by atoms with van der Waals surface area (Å²) in [5.74, 6) is -3.17. The van der Waals surface area contributed by atoms with Crippen molar-refractivity contribution in [3.63, 3.8) is 0 Å². The highest BCUT2D eigenvalue weighted by molar-refractivity contribution is 5.87. The zero-order chi connectivity index (χ0) is 27.6. The molecule has 2 rings (SSSR count). The number of urea groups is 1. The number of nitrogens with zero attached hydrogens (tertiary/aromatic N) is 1. The largest absolute Gasteiger partial charge is 0.480 e. The number of rotatable bonds is 12. The zero-order valence-corrected chi connectivity index (χ0v) is 21.6. The van der Waals surface area contributed by atoms with E-state index in [2.05, 4.69) is 10.6 Å². The molecule has 3 amide bonds. The summed E-state index contributed by atoms with van der Waals surface area (Å²) in [6.45, 7) is 5.66. The molecule has 0 aliphatic heterocycles. The van der Waals surface area contributed by atoms with Crippen molar-refractivity contribution >= 4 is 23.9 Å². The lowest BCUT2D eigenvalue weighted by atomic mass is 10.0. The average molecular weight is 514 g/mol. The second-order valence-electron chi connectivity index (χ2n) is 9.14. The van der Waals surface area contributed by atoms with Crippen molar-refractivity contribution in [3.8, 4) is 11.1 Å². The van der Waals surface area contributed by atoms with Gasteiger partial charge < -0.3 is 30.5 Å². The quantitative estimate of drug-likeness (QED) is 0.252. The highest BCUT2D eigenvalue weighted by atomic mass is 16.6. The van der Waals surface area contributed by atoms with Crippen LogP contribution in [0.1, 0.15) is 33.3 Å². The second-order valence-corrected chi connectivity index (χ2v) is 9.14. The Morgan fingerprint density at radius 2 is 1.59 bits per heavy atom. The van der Waals surface area contributed by atoms with E-state index in [1.54, 1.807) is 12.1 Å². The van der Waals surface area contributed by atoms with Gasteiger partial charge in [-0.2, -0.15) is 0 Å². The number of carboxylic acids is 1. The molecule has 4 N–H and O–H groups in total. The van der Waals surface area contributed by atoms with Gasteiger partial charge in [-0.25, -0.2) is 14.4 Å². The van der Waals surface area contributed by atoms with Gasteiger partial charge in [0.1, 0.15) is 6.04 Å². The van der Waals surface area contributed by atoms with Gasteiger partial charge >= 0.3 is 18.0 Å². The maximum absolute atomic E-state index is 13.1. The van der Waals surface area contributed by atoms with Crippen molar-refractivity contribution in [2.75, 3.05) is 19.7 Å². The molecule has 0 aromatic heterocycles. The molecule has 1 unspecified atom stereocenters. The molecule has 0 fully saturated rings. The highest BCUT2D eigenvalue weighted by Gasteiger charge is 2.42. The number of aliphatic hydroxyl groups is 1. The maximum atomic E-state index is 13.1. The smallest absolute Gasteiger partial charge is 0.361 e. The van der Waals surface area contributed by atoms with Gasteiger partial charge in [0, 0.05) is 19.9 Å². The van der Waals surface area contributed by atoms with Crippen LogP contribution in [0.5, 0.6) is 0 Å². The van der Waals surface area contributed by atoms with Crippen LogP contribution in [-0.4, -0.2) is 70.5 Å². The molecule has 0 radical (unpaired) electrons. The molecule has 0 aliphatic rings. The molecular weight excluding hydrogens is 478 g/mol. The number of hydrogen-bond acceptors (Lipinski definition) is 6. The Morgan fingerprint density at radius 3 is 2.11 bits per heavy atom. The molecule has 0 saturated carbocycles. The van der Waals surface area contributed by atoms with Crippen molar-refractivity contribution in [3.05, 3.63) is 60.2 Å². The molecule has 0 aliphatic carbocycles. The van der Waals surface area contributed by atoms with Crippen molar-refractivity contribution in [1.82, 2.24) is 15.5 Å². The van der Waals surface area contributed by atoms with Crippen LogP contribution < -0.4 is 10.6 Å². The van der Waals surface area contributed by atoms with Gasteiger partial charge in [0.15, 0.2) is 0 Å². The minimum atomic E-state index is -2.50. The number of nitrogens with one attached hydrogen (secondary N) is 2. The average Bonchev–Trinajstić information content (AvgIpc) is 2.83. The lowest BCUT2D eigenvalue weighted by molar-refractivity contribution is -0.172. The normalized spacial score (nSPS) is 13.2. The molecule has 2 atom stereocenters. The molecular formula is C27H35N3O7. The third kappa shape index (κ3) is 8.91. The van der Waals surface area contributed by atoms with Crippen LogP contribution in [0.3, 0.4) is 0 Å². The molecule has 37 heavy (non-hydrogen) atoms. The van der Waals surface area contributed by atoms with Crippen LogP contribution >= 0.6 is 0 Å². The molecule has 0 spiro atoms. The zero-order valence-electron chi connectivity index (χ0n) is 21.6. The van der Waals surface area contributed by atoms with E-state index in [1.807, 2.05) is 56.3 Å². The van der Waals surface area contributed by atoms with Crippen molar-refractivity contribution < 1.29 is 34.1 Å². The Morgan fingerprint density at radius 1 is 1.00 bits per heavy atom. The predicted molar refractivity (Wildman–Crippen MR) is 137 cm³/mol. The van der Waals surface area contributed by atoms with E-state index in [1.165, 1.54) is 6.92 Å². The number of benzene rings is 2. The van der Waals surface area contributed by atoms with Crippen LogP contribution in [-0.2, 0) is 25.5 Å². The van der Waals surface area contributed by atoms with E-state index in [0.29, 0.717) is 5.56 Å². The van der Waals surface area contributed by atoms with Crippen LogP contribution in [0.2, 0.25) is 0 Å². The molecule has 0 saturated heterocycles. The maximum Gasteiger partial charge on any atom is 0.361 e. The van der Waals surface area contributed by atoms with Crippen LogP contribution in [0.15, 0.2) is 54.6 Å². The first-order valence-corrected chi connectivity index (χ1v) is 12.1. The minimum Gasteiger partial charge on any atom is -0.480 e. The fourth-order valence-corrected chi connectivity index (χ4v) is 3.77. The highest BCUT2D eigenvalue weighted by Crippen LogP contribution is 2.20. The third-order valence-corrected chi connectivity index (χ3v) is 5.39. The van der Waals surface area contributed by atoms with Crippen LogP contribution in [0.4, 0.5) is 4.79 Å². The number of aliphatic carboxylic acids is 1. The van der Waals surface area contributed by atoms with Gasteiger partial charge in [0.05, 0.1) is 13.2 Å². The predicted octanol–water partition coefficient (Wildman–Crippen LogP) is 2.40. The second kappa shape index (κ2) is 13.4. The summed E-state index contributed by atoms with van der Waals surface area (Å²) in [7, 11) is 0. The molecule has 2 aromatic carbocycles. The topological polar surface area (TPSA) is 145 Å². The van der Waals surface area contributed by atoms with Crippen molar-refractivity contribution in [2.24, 2.45) is 5.92 Å². The first-order valence-electron chi connectivity index (χ1n) is 12.1. The molecule has 200 valence electrons. The van der Waals surface area contributed by atoms with E-state index in [0.717, 1.165) is 23.0 Å². The SMILES string of the molecule is CCOC(=O)C(O)(CN(CC(C)C)C(=O)N[C@@H](Cc1ccc(-c2ccccc2)cc1)C(=O)O)NC(C)=O. The first-order chi connectivity index (χ1) is 17.4. The summed E-state index contributed by atoms with van der Waals surface area (Å²) in [6, 6.07) is 15.0. The molecule has 2 aromatic rings. The number of carbonyl (C=O) groups excluding carboxylic acids is 3. The summed E-state index contributed by atoms with van der Waals surface area (Å²) in [4.78, 5) is 50.3. The molecule has 0 bridgehead atoms. The number of hydrogen-bond donors (Lipinski definition) is 4. The molecule has 10 heteroatoms. The Labute approximate surface area is 216 Å². The minimum absolute atomic E-state index is 0.0134. The summed E-state index contributed by atoms with van der Waals surface area (Å²) < 4.78 is 4.88. The van der Waals surface area contributed by atoms with Crippen LogP contribution in [0, 0.1) is 5.92 Å². The Kier molecular flexibility index (Phi) is 10.6. The van der Waals surface area contributed by atoms with Gasteiger partial charge in [-0.1, -0.05) is 68.4 Å². The van der Waals surface area contributed by atoms with Crippen molar-refractivity contribution in [2.45, 2.75) is 45.9 Å². The number of carbonyl (C=O) groups is 4. The number of carboxylic acid groups (broad SMARTS) is 1. The fourth-order valence-electron chi connectivity index (χ4n) is 3.77. The van der Waals surface area contributed by atoms with Crippen molar-refractivity contribution in [1.29, 1.82) is 0 Å².